The molecule has 0 saturated carbocycles. The zero-order chi connectivity index (χ0) is 19.6. The highest BCUT2D eigenvalue weighted by atomic mass is 16.7. The minimum atomic E-state index is -0.521. The van der Waals surface area contributed by atoms with Gasteiger partial charge in [-0.15, -0.1) is 0 Å². The second kappa shape index (κ2) is 5.72. The number of hydrogen-bond acceptors (Lipinski definition) is 8. The molecule has 1 aromatic heterocycles. The van der Waals surface area contributed by atoms with E-state index >= 15 is 0 Å². The van der Waals surface area contributed by atoms with Gasteiger partial charge in [0.25, 0.3) is 6.29 Å². The van der Waals surface area contributed by atoms with Gasteiger partial charge in [0.1, 0.15) is 33.6 Å². The molecule has 5 rings (SSSR count). The van der Waals surface area contributed by atoms with Crippen molar-refractivity contribution in [1.29, 1.82) is 0 Å². The molecule has 2 aliphatic heterocycles. The van der Waals surface area contributed by atoms with E-state index in [-0.39, 0.29) is 45.3 Å². The maximum Gasteiger partial charge on any atom is 0.250 e. The fourth-order valence-electron chi connectivity index (χ4n) is 3.86. The van der Waals surface area contributed by atoms with Crippen molar-refractivity contribution in [3.05, 3.63) is 40.3 Å². The van der Waals surface area contributed by atoms with Crippen molar-refractivity contribution in [2.75, 3.05) is 21.3 Å². The van der Waals surface area contributed by atoms with Crippen molar-refractivity contribution in [2.24, 2.45) is 0 Å². The molecule has 0 radical (unpaired) electrons. The third-order valence-electron chi connectivity index (χ3n) is 5.10. The summed E-state index contributed by atoms with van der Waals surface area (Å²) in [6.07, 6.45) is 2.88. The molecule has 2 aromatic carbocycles. The monoisotopic (exact) mass is 384 g/mol. The number of hydrogen-bond donors (Lipinski definition) is 1. The summed E-state index contributed by atoms with van der Waals surface area (Å²) in [7, 11) is 4.31. The summed E-state index contributed by atoms with van der Waals surface area (Å²) < 4.78 is 33.5. The van der Waals surface area contributed by atoms with Crippen LogP contribution in [0.25, 0.3) is 21.9 Å². The van der Waals surface area contributed by atoms with Gasteiger partial charge in [0.05, 0.1) is 39.1 Å². The lowest BCUT2D eigenvalue weighted by Gasteiger charge is -2.14. The maximum absolute atomic E-state index is 13.4. The summed E-state index contributed by atoms with van der Waals surface area (Å²) in [5, 5.41) is 10.7. The number of ether oxygens (including phenoxy) is 5. The molecule has 3 heterocycles. The number of methoxy groups -OCH3 is 3. The molecule has 8 nitrogen and oxygen atoms in total. The molecule has 8 heteroatoms. The van der Waals surface area contributed by atoms with Crippen molar-refractivity contribution in [2.45, 2.75) is 12.2 Å². The Morgan fingerprint density at radius 3 is 2.50 bits per heavy atom. The summed E-state index contributed by atoms with van der Waals surface area (Å²) in [5.74, 6) is 0.741. The van der Waals surface area contributed by atoms with Gasteiger partial charge >= 0.3 is 0 Å². The number of aromatic hydroxyl groups is 1. The average molecular weight is 384 g/mol. The first-order valence-electron chi connectivity index (χ1n) is 8.53. The summed E-state index contributed by atoms with van der Waals surface area (Å²) in [6.45, 7) is 0. The van der Waals surface area contributed by atoms with Crippen LogP contribution in [0.2, 0.25) is 0 Å². The van der Waals surface area contributed by atoms with Crippen LogP contribution in [0.5, 0.6) is 28.7 Å². The zero-order valence-electron chi connectivity index (χ0n) is 15.3. The van der Waals surface area contributed by atoms with E-state index < -0.39 is 11.7 Å². The van der Waals surface area contributed by atoms with Crippen LogP contribution < -0.4 is 24.4 Å². The third kappa shape index (κ3) is 1.97. The molecular formula is C20H16O8. The highest BCUT2D eigenvalue weighted by Gasteiger charge is 2.41. The van der Waals surface area contributed by atoms with Gasteiger partial charge in [-0.2, -0.15) is 0 Å². The first kappa shape index (κ1) is 16.6. The fraction of sp³-hybridized carbons (Fsp3) is 0.250. The van der Waals surface area contributed by atoms with E-state index in [1.807, 2.05) is 6.08 Å². The van der Waals surface area contributed by atoms with Gasteiger partial charge in [-0.1, -0.05) is 0 Å². The van der Waals surface area contributed by atoms with Crippen LogP contribution in [-0.4, -0.2) is 32.7 Å². The molecule has 0 amide bonds. The van der Waals surface area contributed by atoms with Crippen LogP contribution in [0.4, 0.5) is 0 Å². The van der Waals surface area contributed by atoms with Gasteiger partial charge in [-0.05, 0) is 6.08 Å². The minimum Gasteiger partial charge on any atom is -0.507 e. The predicted molar refractivity (Wildman–Crippen MR) is 98.7 cm³/mol. The zero-order valence-corrected chi connectivity index (χ0v) is 15.3. The summed E-state index contributed by atoms with van der Waals surface area (Å²) in [4.78, 5) is 13.4. The topological polar surface area (TPSA) is 96.6 Å². The van der Waals surface area contributed by atoms with Gasteiger partial charge in [0, 0.05) is 12.1 Å². The van der Waals surface area contributed by atoms with Gasteiger partial charge in [-0.3, -0.25) is 4.79 Å². The molecular weight excluding hydrogens is 368 g/mol. The van der Waals surface area contributed by atoms with E-state index in [2.05, 4.69) is 0 Å². The van der Waals surface area contributed by atoms with E-state index in [0.717, 1.165) is 0 Å². The van der Waals surface area contributed by atoms with Crippen LogP contribution in [-0.2, 0) is 4.74 Å². The van der Waals surface area contributed by atoms with Gasteiger partial charge < -0.3 is 33.2 Å². The quantitative estimate of drug-likeness (QED) is 0.689. The molecule has 2 aliphatic rings. The van der Waals surface area contributed by atoms with E-state index in [9.17, 15) is 9.90 Å². The van der Waals surface area contributed by atoms with Gasteiger partial charge in [0.2, 0.25) is 11.2 Å². The lowest BCUT2D eigenvalue weighted by Crippen LogP contribution is -2.14. The van der Waals surface area contributed by atoms with E-state index in [1.54, 1.807) is 12.3 Å². The van der Waals surface area contributed by atoms with Crippen molar-refractivity contribution >= 4 is 21.9 Å². The molecule has 0 aliphatic carbocycles. The largest absolute Gasteiger partial charge is 0.507 e. The van der Waals surface area contributed by atoms with Crippen LogP contribution in [0.15, 0.2) is 33.7 Å². The molecule has 0 unspecified atom stereocenters. The second-order valence-corrected chi connectivity index (χ2v) is 6.44. The Morgan fingerprint density at radius 2 is 1.79 bits per heavy atom. The van der Waals surface area contributed by atoms with E-state index in [4.69, 9.17) is 28.1 Å². The first-order chi connectivity index (χ1) is 13.6. The smallest absolute Gasteiger partial charge is 0.250 e. The second-order valence-electron chi connectivity index (χ2n) is 6.44. The van der Waals surface area contributed by atoms with E-state index in [0.29, 0.717) is 16.9 Å². The lowest BCUT2D eigenvalue weighted by molar-refractivity contribution is -0.00484. The summed E-state index contributed by atoms with van der Waals surface area (Å²) in [6, 6.07) is 2.95. The minimum absolute atomic E-state index is 0.0166. The van der Waals surface area contributed by atoms with Gasteiger partial charge in [0.15, 0.2) is 11.3 Å². The third-order valence-corrected chi connectivity index (χ3v) is 5.10. The lowest BCUT2D eigenvalue weighted by atomic mass is 9.97. The molecule has 3 aromatic rings. The van der Waals surface area contributed by atoms with E-state index in [1.165, 1.54) is 27.4 Å². The van der Waals surface area contributed by atoms with Crippen LogP contribution in [0, 0.1) is 0 Å². The van der Waals surface area contributed by atoms with Crippen LogP contribution in [0.1, 0.15) is 11.5 Å². The molecule has 144 valence electrons. The SMILES string of the molecule is COc1cc(O)c2c(=O)c3c(OC)cc4c(c3oc2c1OC)[C@@H]1C=CO[C@@H]1O4. The Balaban J connectivity index is 2.00. The van der Waals surface area contributed by atoms with Crippen molar-refractivity contribution in [1.82, 2.24) is 0 Å². The molecule has 28 heavy (non-hydrogen) atoms. The number of rotatable bonds is 3. The Hall–Kier alpha value is -3.55. The number of fused-ring (bicyclic) bond motifs is 6. The Labute approximate surface area is 158 Å². The normalized spacial score (nSPS) is 19.2. The van der Waals surface area contributed by atoms with Gasteiger partial charge in [-0.25, -0.2) is 0 Å². The maximum atomic E-state index is 13.4. The molecule has 1 N–H and O–H groups in total. The predicted octanol–water partition coefficient (Wildman–Crippen LogP) is 3.02. The fourth-order valence-corrected chi connectivity index (χ4v) is 3.86. The Kier molecular flexibility index (Phi) is 3.39. The highest BCUT2D eigenvalue weighted by molar-refractivity contribution is 6.01. The Bertz CT molecular complexity index is 1220. The van der Waals surface area contributed by atoms with Crippen LogP contribution >= 0.6 is 0 Å². The number of phenols is 1. The Morgan fingerprint density at radius 1 is 1.00 bits per heavy atom. The average Bonchev–Trinajstić information content (AvgIpc) is 3.27. The number of benzene rings is 2. The summed E-state index contributed by atoms with van der Waals surface area (Å²) >= 11 is 0. The molecule has 0 saturated heterocycles. The molecule has 0 bridgehead atoms. The molecule has 2 atom stereocenters. The van der Waals surface area contributed by atoms with Crippen LogP contribution in [0.3, 0.4) is 0 Å². The standard InChI is InChI=1S/C20H16O8/c1-23-10-7-11-13(8-4-5-26-20(8)27-11)18-15(10)16(22)14-9(21)6-12(24-2)17(25-3)19(14)28-18/h4-8,20-21H,1-3H3/t8-,20+/m0/s1. The molecule has 0 spiro atoms. The first-order valence-corrected chi connectivity index (χ1v) is 8.53. The molecule has 0 fully saturated rings. The highest BCUT2D eigenvalue weighted by Crippen LogP contribution is 2.50. The van der Waals surface area contributed by atoms with Crippen molar-refractivity contribution in [3.63, 3.8) is 0 Å². The van der Waals surface area contributed by atoms with Crippen molar-refractivity contribution < 1.29 is 33.2 Å². The van der Waals surface area contributed by atoms with Crippen molar-refractivity contribution in [3.8, 4) is 28.7 Å². The number of phenolic OH excluding ortho intramolecular Hbond substituents is 1. The summed E-state index contributed by atoms with van der Waals surface area (Å²) in [5.41, 5.74) is 0.609.